The smallest absolute Gasteiger partial charge is 0.255 e. The van der Waals surface area contributed by atoms with Crippen LogP contribution in [0, 0.1) is 0 Å². The highest BCUT2D eigenvalue weighted by Gasteiger charge is 2.19. The number of benzene rings is 2. The molecule has 29 heavy (non-hydrogen) atoms. The second-order valence-corrected chi connectivity index (χ2v) is 8.92. The molecular weight excluding hydrogens is 390 g/mol. The molecule has 2 aromatic carbocycles. The largest absolute Gasteiger partial charge is 0.350 e. The maximum Gasteiger partial charge on any atom is 0.255 e. The molecule has 2 aromatic rings. The van der Waals surface area contributed by atoms with Gasteiger partial charge in [0.15, 0.2) is 0 Å². The first-order valence-electron chi connectivity index (χ1n) is 9.51. The van der Waals surface area contributed by atoms with Crippen LogP contribution in [-0.4, -0.2) is 38.6 Å². The molecule has 2 rings (SSSR count). The molecule has 0 aliphatic heterocycles. The molecule has 0 saturated heterocycles. The van der Waals surface area contributed by atoms with Gasteiger partial charge in [-0.1, -0.05) is 12.1 Å². The molecule has 7 nitrogen and oxygen atoms in total. The lowest BCUT2D eigenvalue weighted by molar-refractivity contribution is 0.0944. The summed E-state index contributed by atoms with van der Waals surface area (Å²) < 4.78 is 25.7. The first-order chi connectivity index (χ1) is 13.7. The van der Waals surface area contributed by atoms with Gasteiger partial charge in [0.2, 0.25) is 10.0 Å². The third kappa shape index (κ3) is 5.57. The summed E-state index contributed by atoms with van der Waals surface area (Å²) in [7, 11) is -3.38. The van der Waals surface area contributed by atoms with Gasteiger partial charge in [-0.3, -0.25) is 13.9 Å². The van der Waals surface area contributed by atoms with Crippen LogP contribution in [0.4, 0.5) is 11.4 Å². The number of sulfonamides is 1. The Kier molecular flexibility index (Phi) is 7.39. The number of rotatable bonds is 8. The van der Waals surface area contributed by atoms with Gasteiger partial charge in [-0.15, -0.1) is 0 Å². The minimum absolute atomic E-state index is 0.00168. The van der Waals surface area contributed by atoms with E-state index in [-0.39, 0.29) is 23.6 Å². The van der Waals surface area contributed by atoms with Crippen molar-refractivity contribution in [3.8, 4) is 0 Å². The summed E-state index contributed by atoms with van der Waals surface area (Å²) in [5.74, 6) is -0.657. The van der Waals surface area contributed by atoms with Gasteiger partial charge in [0, 0.05) is 18.2 Å². The number of para-hydroxylation sites is 1. The van der Waals surface area contributed by atoms with Gasteiger partial charge in [0.25, 0.3) is 11.8 Å². The van der Waals surface area contributed by atoms with E-state index in [1.807, 2.05) is 13.8 Å². The number of amides is 2. The zero-order chi connectivity index (χ0) is 21.6. The molecular formula is C21H27N3O4S. The Morgan fingerprint density at radius 2 is 1.59 bits per heavy atom. The highest BCUT2D eigenvalue weighted by molar-refractivity contribution is 7.92. The topological polar surface area (TPSA) is 95.6 Å². The Bertz CT molecular complexity index is 970. The molecule has 2 amide bonds. The molecule has 0 fully saturated rings. The second kappa shape index (κ2) is 9.56. The lowest BCUT2D eigenvalue weighted by atomic mass is 10.1. The minimum atomic E-state index is -3.38. The van der Waals surface area contributed by atoms with E-state index >= 15 is 0 Å². The number of anilines is 2. The van der Waals surface area contributed by atoms with Crippen LogP contribution in [0.2, 0.25) is 0 Å². The van der Waals surface area contributed by atoms with E-state index in [9.17, 15) is 18.0 Å². The van der Waals surface area contributed by atoms with Gasteiger partial charge < -0.3 is 10.6 Å². The molecule has 0 bridgehead atoms. The Hall–Kier alpha value is -2.87. The average molecular weight is 418 g/mol. The van der Waals surface area contributed by atoms with E-state index in [1.165, 1.54) is 4.31 Å². The highest BCUT2D eigenvalue weighted by atomic mass is 32.2. The minimum Gasteiger partial charge on any atom is -0.350 e. The average Bonchev–Trinajstić information content (AvgIpc) is 2.68. The predicted octanol–water partition coefficient (Wildman–Crippen LogP) is 3.25. The quantitative estimate of drug-likeness (QED) is 0.689. The molecule has 0 aliphatic carbocycles. The summed E-state index contributed by atoms with van der Waals surface area (Å²) in [5, 5.41) is 5.56. The van der Waals surface area contributed by atoms with Crippen molar-refractivity contribution in [2.75, 3.05) is 21.9 Å². The van der Waals surface area contributed by atoms with E-state index in [1.54, 1.807) is 62.4 Å². The number of carbonyl (C=O) groups excluding carboxylic acids is 2. The Morgan fingerprint density at radius 3 is 2.14 bits per heavy atom. The van der Waals surface area contributed by atoms with Gasteiger partial charge in [-0.2, -0.15) is 0 Å². The molecule has 2 N–H and O–H groups in total. The van der Waals surface area contributed by atoms with Crippen molar-refractivity contribution >= 4 is 33.2 Å². The fraction of sp³-hybridized carbons (Fsp3) is 0.333. The Balaban J connectivity index is 2.22. The van der Waals surface area contributed by atoms with Crippen molar-refractivity contribution in [2.45, 2.75) is 33.7 Å². The SMILES string of the molecule is CCN(c1ccc(C(=O)Nc2ccccc2C(=O)NC(C)C)cc1)S(=O)(=O)CC. The van der Waals surface area contributed by atoms with Gasteiger partial charge in [0.1, 0.15) is 0 Å². The highest BCUT2D eigenvalue weighted by Crippen LogP contribution is 2.21. The first kappa shape index (κ1) is 22.4. The zero-order valence-electron chi connectivity index (χ0n) is 17.1. The van der Waals surface area contributed by atoms with Crippen LogP contribution in [0.3, 0.4) is 0 Å². The van der Waals surface area contributed by atoms with Crippen LogP contribution in [-0.2, 0) is 10.0 Å². The van der Waals surface area contributed by atoms with Crippen molar-refractivity contribution in [3.63, 3.8) is 0 Å². The van der Waals surface area contributed by atoms with E-state index in [2.05, 4.69) is 10.6 Å². The summed E-state index contributed by atoms with van der Waals surface area (Å²) in [6.07, 6.45) is 0. The van der Waals surface area contributed by atoms with Crippen molar-refractivity contribution in [2.24, 2.45) is 0 Å². The van der Waals surface area contributed by atoms with Crippen LogP contribution < -0.4 is 14.9 Å². The second-order valence-electron chi connectivity index (χ2n) is 6.74. The number of hydrogen-bond donors (Lipinski definition) is 2. The van der Waals surface area contributed by atoms with Gasteiger partial charge in [0.05, 0.1) is 22.7 Å². The molecule has 0 spiro atoms. The zero-order valence-corrected chi connectivity index (χ0v) is 17.9. The standard InChI is InChI=1S/C21H27N3O4S/c1-5-24(29(27,28)6-2)17-13-11-16(12-14-17)20(25)23-19-10-8-7-9-18(19)21(26)22-15(3)4/h7-15H,5-6H2,1-4H3,(H,22,26)(H,23,25). The van der Waals surface area contributed by atoms with Gasteiger partial charge in [-0.05, 0) is 64.1 Å². The Morgan fingerprint density at radius 1 is 0.966 bits per heavy atom. The molecule has 0 aromatic heterocycles. The summed E-state index contributed by atoms with van der Waals surface area (Å²) >= 11 is 0. The third-order valence-corrected chi connectivity index (χ3v) is 6.12. The molecule has 0 radical (unpaired) electrons. The molecule has 0 heterocycles. The lowest BCUT2D eigenvalue weighted by Gasteiger charge is -2.22. The van der Waals surface area contributed by atoms with E-state index < -0.39 is 10.0 Å². The molecule has 0 saturated carbocycles. The summed E-state index contributed by atoms with van der Waals surface area (Å²) in [6, 6.07) is 13.1. The molecule has 0 aliphatic rings. The number of nitrogens with zero attached hydrogens (tertiary/aromatic N) is 1. The van der Waals surface area contributed by atoms with Crippen LogP contribution in [0.25, 0.3) is 0 Å². The normalized spacial score (nSPS) is 11.2. The van der Waals surface area contributed by atoms with Crippen molar-refractivity contribution < 1.29 is 18.0 Å². The van der Waals surface area contributed by atoms with Crippen molar-refractivity contribution in [1.82, 2.24) is 5.32 Å². The van der Waals surface area contributed by atoms with E-state index in [4.69, 9.17) is 0 Å². The van der Waals surface area contributed by atoms with Crippen molar-refractivity contribution in [3.05, 3.63) is 59.7 Å². The maximum absolute atomic E-state index is 12.6. The fourth-order valence-electron chi connectivity index (χ4n) is 2.80. The monoisotopic (exact) mass is 417 g/mol. The fourth-order valence-corrected chi connectivity index (χ4v) is 3.95. The first-order valence-corrected chi connectivity index (χ1v) is 11.1. The lowest BCUT2D eigenvalue weighted by Crippen LogP contribution is -2.32. The maximum atomic E-state index is 12.6. The van der Waals surface area contributed by atoms with Gasteiger partial charge in [-0.25, -0.2) is 8.42 Å². The molecule has 8 heteroatoms. The summed E-state index contributed by atoms with van der Waals surface area (Å²) in [5.41, 5.74) is 1.64. The summed E-state index contributed by atoms with van der Waals surface area (Å²) in [4.78, 5) is 25.0. The summed E-state index contributed by atoms with van der Waals surface area (Å²) in [6.45, 7) is 7.37. The third-order valence-electron chi connectivity index (χ3n) is 4.24. The number of carbonyl (C=O) groups is 2. The van der Waals surface area contributed by atoms with E-state index in [0.717, 1.165) is 0 Å². The van der Waals surface area contributed by atoms with Crippen molar-refractivity contribution in [1.29, 1.82) is 0 Å². The number of nitrogens with one attached hydrogen (secondary N) is 2. The molecule has 156 valence electrons. The van der Waals surface area contributed by atoms with Crippen LogP contribution in [0.15, 0.2) is 48.5 Å². The van der Waals surface area contributed by atoms with E-state index in [0.29, 0.717) is 29.0 Å². The van der Waals surface area contributed by atoms with Crippen LogP contribution >= 0.6 is 0 Å². The molecule has 0 unspecified atom stereocenters. The predicted molar refractivity (Wildman–Crippen MR) is 116 cm³/mol. The van der Waals surface area contributed by atoms with Gasteiger partial charge >= 0.3 is 0 Å². The Labute approximate surface area is 172 Å². The van der Waals surface area contributed by atoms with Crippen LogP contribution in [0.5, 0.6) is 0 Å². The number of hydrogen-bond acceptors (Lipinski definition) is 4. The van der Waals surface area contributed by atoms with Crippen LogP contribution in [0.1, 0.15) is 48.4 Å². The molecule has 0 atom stereocenters.